The average molecular weight is 473 g/mol. The summed E-state index contributed by atoms with van der Waals surface area (Å²) in [5, 5.41) is 4.00. The average Bonchev–Trinajstić information content (AvgIpc) is 2.85. The zero-order chi connectivity index (χ0) is 23.3. The molecule has 6 nitrogen and oxygen atoms in total. The molecule has 1 aliphatic rings. The predicted octanol–water partition coefficient (Wildman–Crippen LogP) is 4.84. The van der Waals surface area contributed by atoms with Crippen molar-refractivity contribution < 1.29 is 9.53 Å². The van der Waals surface area contributed by atoms with Gasteiger partial charge >= 0.3 is 0 Å². The fourth-order valence-electron chi connectivity index (χ4n) is 4.07. The standard InChI is InChI=1S/C27H25ClN4O2/c28-21-3-1-2-20(14-21)16-22(33)15-19-4-6-23(7-5-19)34-24-8-9-25-26(17-24)31-27(18-30-25)32-12-10-29-11-13-32/h1-9,14,17-18,29H,10-13,15-16H2. The van der Waals surface area contributed by atoms with Crippen LogP contribution in [0, 0.1) is 0 Å². The summed E-state index contributed by atoms with van der Waals surface area (Å²) in [5.74, 6) is 2.43. The third-order valence-corrected chi connectivity index (χ3v) is 6.03. The number of rotatable bonds is 7. The van der Waals surface area contributed by atoms with Gasteiger partial charge in [-0.3, -0.25) is 9.78 Å². The molecule has 7 heteroatoms. The van der Waals surface area contributed by atoms with Crippen LogP contribution in [-0.2, 0) is 17.6 Å². The zero-order valence-electron chi connectivity index (χ0n) is 18.7. The number of benzene rings is 3. The Kier molecular flexibility index (Phi) is 6.70. The first-order valence-electron chi connectivity index (χ1n) is 11.4. The number of piperazine rings is 1. The lowest BCUT2D eigenvalue weighted by molar-refractivity contribution is -0.117. The molecule has 3 aromatic carbocycles. The molecule has 172 valence electrons. The molecule has 34 heavy (non-hydrogen) atoms. The molecule has 4 aromatic rings. The Balaban J connectivity index is 1.24. The second-order valence-electron chi connectivity index (χ2n) is 8.38. The van der Waals surface area contributed by atoms with Crippen LogP contribution in [0.4, 0.5) is 5.82 Å². The maximum atomic E-state index is 12.4. The van der Waals surface area contributed by atoms with Gasteiger partial charge in [-0.05, 0) is 47.5 Å². The monoisotopic (exact) mass is 472 g/mol. The van der Waals surface area contributed by atoms with E-state index in [-0.39, 0.29) is 5.78 Å². The van der Waals surface area contributed by atoms with Crippen molar-refractivity contribution in [3.8, 4) is 11.5 Å². The number of halogens is 1. The van der Waals surface area contributed by atoms with Crippen LogP contribution in [0.5, 0.6) is 11.5 Å². The van der Waals surface area contributed by atoms with Gasteiger partial charge in [0.15, 0.2) is 0 Å². The van der Waals surface area contributed by atoms with Crippen molar-refractivity contribution in [2.75, 3.05) is 31.1 Å². The van der Waals surface area contributed by atoms with Crippen LogP contribution in [0.1, 0.15) is 11.1 Å². The highest BCUT2D eigenvalue weighted by Crippen LogP contribution is 2.26. The van der Waals surface area contributed by atoms with Gasteiger partial charge in [-0.25, -0.2) is 4.98 Å². The molecule has 5 rings (SSSR count). The minimum absolute atomic E-state index is 0.143. The third kappa shape index (κ3) is 5.53. The molecule has 0 amide bonds. The van der Waals surface area contributed by atoms with E-state index in [0.717, 1.165) is 54.2 Å². The first-order chi connectivity index (χ1) is 16.6. The molecule has 1 fully saturated rings. The van der Waals surface area contributed by atoms with Crippen molar-refractivity contribution >= 4 is 34.2 Å². The second kappa shape index (κ2) is 10.2. The number of ether oxygens (including phenoxy) is 1. The van der Waals surface area contributed by atoms with Gasteiger partial charge in [0.05, 0.1) is 17.2 Å². The van der Waals surface area contributed by atoms with E-state index in [1.165, 1.54) is 0 Å². The summed E-state index contributed by atoms with van der Waals surface area (Å²) >= 11 is 6.01. The minimum Gasteiger partial charge on any atom is -0.457 e. The van der Waals surface area contributed by atoms with Crippen LogP contribution >= 0.6 is 11.6 Å². The first-order valence-corrected chi connectivity index (χ1v) is 11.8. The number of nitrogens with one attached hydrogen (secondary N) is 1. The molecule has 0 atom stereocenters. The van der Waals surface area contributed by atoms with Crippen LogP contribution < -0.4 is 15.0 Å². The van der Waals surface area contributed by atoms with Crippen LogP contribution in [0.25, 0.3) is 11.0 Å². The summed E-state index contributed by atoms with van der Waals surface area (Å²) < 4.78 is 6.05. The molecule has 0 unspecified atom stereocenters. The van der Waals surface area contributed by atoms with Crippen molar-refractivity contribution in [2.45, 2.75) is 12.8 Å². The zero-order valence-corrected chi connectivity index (χ0v) is 19.5. The summed E-state index contributed by atoms with van der Waals surface area (Å²) in [4.78, 5) is 24.0. The molecular weight excluding hydrogens is 448 g/mol. The van der Waals surface area contributed by atoms with Gasteiger partial charge in [0, 0.05) is 50.1 Å². The van der Waals surface area contributed by atoms with Crippen molar-refractivity contribution in [3.05, 3.63) is 89.1 Å². The van der Waals surface area contributed by atoms with E-state index < -0.39 is 0 Å². The van der Waals surface area contributed by atoms with Crippen molar-refractivity contribution in [1.29, 1.82) is 0 Å². The summed E-state index contributed by atoms with van der Waals surface area (Å²) in [6.45, 7) is 3.74. The molecule has 0 radical (unpaired) electrons. The highest BCUT2D eigenvalue weighted by atomic mass is 35.5. The van der Waals surface area contributed by atoms with Crippen molar-refractivity contribution in [2.24, 2.45) is 0 Å². The number of fused-ring (bicyclic) bond motifs is 1. The van der Waals surface area contributed by atoms with E-state index >= 15 is 0 Å². The molecule has 0 bridgehead atoms. The number of hydrogen-bond donors (Lipinski definition) is 1. The maximum Gasteiger partial charge on any atom is 0.147 e. The van der Waals surface area contributed by atoms with Crippen LogP contribution in [-0.4, -0.2) is 41.9 Å². The highest BCUT2D eigenvalue weighted by Gasteiger charge is 2.13. The van der Waals surface area contributed by atoms with Crippen molar-refractivity contribution in [1.82, 2.24) is 15.3 Å². The van der Waals surface area contributed by atoms with E-state index in [0.29, 0.717) is 29.4 Å². The lowest BCUT2D eigenvalue weighted by Crippen LogP contribution is -2.43. The van der Waals surface area contributed by atoms with Gasteiger partial charge in [-0.15, -0.1) is 0 Å². The quantitative estimate of drug-likeness (QED) is 0.415. The maximum absolute atomic E-state index is 12.4. The Hall–Kier alpha value is -3.48. The molecule has 1 N–H and O–H groups in total. The second-order valence-corrected chi connectivity index (χ2v) is 8.82. The van der Waals surface area contributed by atoms with Crippen LogP contribution in [0.3, 0.4) is 0 Å². The summed E-state index contributed by atoms with van der Waals surface area (Å²) in [6, 6.07) is 20.8. The number of anilines is 1. The number of aromatic nitrogens is 2. The Labute approximate surface area is 203 Å². The SMILES string of the molecule is O=C(Cc1ccc(Oc2ccc3ncc(N4CCNCC4)nc3c2)cc1)Cc1cccc(Cl)c1. The van der Waals surface area contributed by atoms with E-state index in [2.05, 4.69) is 15.2 Å². The Morgan fingerprint density at radius 1 is 0.912 bits per heavy atom. The Morgan fingerprint density at radius 2 is 1.68 bits per heavy atom. The smallest absolute Gasteiger partial charge is 0.147 e. The molecule has 1 aromatic heterocycles. The van der Waals surface area contributed by atoms with E-state index in [1.54, 1.807) is 0 Å². The lowest BCUT2D eigenvalue weighted by atomic mass is 10.0. The minimum atomic E-state index is 0.143. The number of nitrogens with zero attached hydrogens (tertiary/aromatic N) is 3. The molecular formula is C27H25ClN4O2. The van der Waals surface area contributed by atoms with E-state index in [9.17, 15) is 4.79 Å². The third-order valence-electron chi connectivity index (χ3n) is 5.79. The van der Waals surface area contributed by atoms with Gasteiger partial charge in [0.25, 0.3) is 0 Å². The van der Waals surface area contributed by atoms with Gasteiger partial charge in [-0.1, -0.05) is 35.9 Å². The number of ketones is 1. The number of carbonyl (C=O) groups is 1. The summed E-state index contributed by atoms with van der Waals surface area (Å²) in [5.41, 5.74) is 3.51. The van der Waals surface area contributed by atoms with E-state index in [4.69, 9.17) is 21.3 Å². The van der Waals surface area contributed by atoms with Crippen LogP contribution in [0.15, 0.2) is 72.9 Å². The number of Topliss-reactive ketones (excluding diaryl/α,β-unsaturated/α-hetero) is 1. The molecule has 1 aliphatic heterocycles. The molecule has 0 saturated carbocycles. The predicted molar refractivity (Wildman–Crippen MR) is 135 cm³/mol. The number of hydrogen-bond acceptors (Lipinski definition) is 6. The van der Waals surface area contributed by atoms with Gasteiger partial charge in [-0.2, -0.15) is 0 Å². The molecule has 1 saturated heterocycles. The van der Waals surface area contributed by atoms with Gasteiger partial charge < -0.3 is 15.0 Å². The van der Waals surface area contributed by atoms with E-state index in [1.807, 2.05) is 72.9 Å². The fourth-order valence-corrected chi connectivity index (χ4v) is 4.28. The molecule has 0 spiro atoms. The van der Waals surface area contributed by atoms with Gasteiger partial charge in [0.2, 0.25) is 0 Å². The number of carbonyl (C=O) groups excluding carboxylic acids is 1. The first kappa shape index (κ1) is 22.3. The molecule has 0 aliphatic carbocycles. The summed E-state index contributed by atoms with van der Waals surface area (Å²) in [6.07, 6.45) is 2.57. The summed E-state index contributed by atoms with van der Waals surface area (Å²) in [7, 11) is 0. The molecule has 2 heterocycles. The van der Waals surface area contributed by atoms with Gasteiger partial charge in [0.1, 0.15) is 23.1 Å². The normalized spacial score (nSPS) is 13.7. The Morgan fingerprint density at radius 3 is 2.47 bits per heavy atom. The fraction of sp³-hybridized carbons (Fsp3) is 0.222. The van der Waals surface area contributed by atoms with Crippen molar-refractivity contribution in [3.63, 3.8) is 0 Å². The van der Waals surface area contributed by atoms with Crippen LogP contribution in [0.2, 0.25) is 5.02 Å². The Bertz CT molecular complexity index is 1300. The highest BCUT2D eigenvalue weighted by molar-refractivity contribution is 6.30. The lowest BCUT2D eigenvalue weighted by Gasteiger charge is -2.28. The largest absolute Gasteiger partial charge is 0.457 e. The topological polar surface area (TPSA) is 67.3 Å².